The Morgan fingerprint density at radius 1 is 0.543 bits per heavy atom. The minimum atomic E-state index is 0.0161. The smallest absolute Gasteiger partial charge is 0.162 e. The van der Waals surface area contributed by atoms with Crippen LogP contribution in [-0.4, -0.2) is 50.2 Å². The monoisotopic (exact) mass is 497 g/mol. The summed E-state index contributed by atoms with van der Waals surface area (Å²) in [5, 5.41) is 0. The number of unbranched alkanes of at least 4 members (excludes halogenated alkanes) is 14. The van der Waals surface area contributed by atoms with Crippen LogP contribution in [0.5, 0.6) is 0 Å². The highest BCUT2D eigenvalue weighted by Crippen LogP contribution is 2.37. The van der Waals surface area contributed by atoms with Crippen molar-refractivity contribution in [3.8, 4) is 0 Å². The first kappa shape index (κ1) is 32.9. The molecule has 0 N–H and O–H groups in total. The molecule has 0 aromatic carbocycles. The van der Waals surface area contributed by atoms with E-state index >= 15 is 0 Å². The molecule has 1 aliphatic heterocycles. The first-order chi connectivity index (χ1) is 17.1. The van der Waals surface area contributed by atoms with E-state index in [1.807, 2.05) is 0 Å². The van der Waals surface area contributed by atoms with E-state index in [4.69, 9.17) is 9.47 Å². The lowest BCUT2D eigenvalue weighted by atomic mass is 9.78. The Bertz CT molecular complexity index is 424. The van der Waals surface area contributed by atoms with Gasteiger partial charge in [0.25, 0.3) is 0 Å². The summed E-state index contributed by atoms with van der Waals surface area (Å²) >= 11 is 0. The SMILES string of the molecule is CCCCCCCCCCC1(CCCCCCCCCC)COC(CC[N+](CC)(CC)CC)OC1. The fourth-order valence-electron chi connectivity index (χ4n) is 6.00. The molecule has 1 rings (SSSR count). The summed E-state index contributed by atoms with van der Waals surface area (Å²) in [6, 6.07) is 0. The van der Waals surface area contributed by atoms with Crippen molar-refractivity contribution in [2.75, 3.05) is 39.4 Å². The molecular formula is C32H66NO2+. The van der Waals surface area contributed by atoms with Crippen molar-refractivity contribution in [1.29, 1.82) is 0 Å². The summed E-state index contributed by atoms with van der Waals surface area (Å²) in [5.74, 6) is 0. The van der Waals surface area contributed by atoms with Crippen molar-refractivity contribution in [3.05, 3.63) is 0 Å². The average molecular weight is 497 g/mol. The Balaban J connectivity index is 2.43. The Labute approximate surface area is 221 Å². The third-order valence-electron chi connectivity index (χ3n) is 9.12. The van der Waals surface area contributed by atoms with Gasteiger partial charge in [-0.1, -0.05) is 117 Å². The molecule has 0 saturated carbocycles. The van der Waals surface area contributed by atoms with E-state index in [1.165, 1.54) is 146 Å². The van der Waals surface area contributed by atoms with Crippen LogP contribution in [0.3, 0.4) is 0 Å². The number of hydrogen-bond donors (Lipinski definition) is 0. The van der Waals surface area contributed by atoms with E-state index in [1.54, 1.807) is 0 Å². The molecule has 210 valence electrons. The van der Waals surface area contributed by atoms with Crippen LogP contribution < -0.4 is 0 Å². The van der Waals surface area contributed by atoms with Crippen LogP contribution in [0.15, 0.2) is 0 Å². The lowest BCUT2D eigenvalue weighted by Crippen LogP contribution is -2.50. The maximum absolute atomic E-state index is 6.44. The van der Waals surface area contributed by atoms with Gasteiger partial charge in [0.2, 0.25) is 0 Å². The van der Waals surface area contributed by atoms with Crippen LogP contribution in [0.1, 0.15) is 157 Å². The molecule has 1 saturated heterocycles. The van der Waals surface area contributed by atoms with Gasteiger partial charge in [-0.3, -0.25) is 0 Å². The fraction of sp³-hybridized carbons (Fsp3) is 1.00. The van der Waals surface area contributed by atoms with Gasteiger partial charge in [-0.05, 0) is 33.6 Å². The van der Waals surface area contributed by atoms with Gasteiger partial charge in [0.05, 0.1) is 39.4 Å². The van der Waals surface area contributed by atoms with E-state index in [0.717, 1.165) is 19.6 Å². The van der Waals surface area contributed by atoms with Gasteiger partial charge in [0.15, 0.2) is 6.29 Å². The van der Waals surface area contributed by atoms with Crippen molar-refractivity contribution in [2.45, 2.75) is 163 Å². The largest absolute Gasteiger partial charge is 0.352 e. The molecule has 0 aliphatic carbocycles. The molecule has 1 fully saturated rings. The molecule has 0 aromatic rings. The third-order valence-corrected chi connectivity index (χ3v) is 9.12. The summed E-state index contributed by atoms with van der Waals surface area (Å²) in [4.78, 5) is 0. The van der Waals surface area contributed by atoms with Crippen molar-refractivity contribution in [2.24, 2.45) is 5.41 Å². The number of quaternary nitrogens is 1. The van der Waals surface area contributed by atoms with E-state index in [2.05, 4.69) is 34.6 Å². The second kappa shape index (κ2) is 20.9. The summed E-state index contributed by atoms with van der Waals surface area (Å²) in [7, 11) is 0. The van der Waals surface area contributed by atoms with E-state index in [0.29, 0.717) is 0 Å². The van der Waals surface area contributed by atoms with Crippen LogP contribution in [0.2, 0.25) is 0 Å². The maximum Gasteiger partial charge on any atom is 0.162 e. The van der Waals surface area contributed by atoms with E-state index < -0.39 is 0 Å². The molecule has 0 aromatic heterocycles. The van der Waals surface area contributed by atoms with Gasteiger partial charge in [0, 0.05) is 11.8 Å². The van der Waals surface area contributed by atoms with Crippen LogP contribution >= 0.6 is 0 Å². The summed E-state index contributed by atoms with van der Waals surface area (Å²) < 4.78 is 14.1. The standard InChI is InChI=1S/C32H66NO2/c1-6-11-13-15-17-19-21-23-26-32(27-24-22-20-18-16-14-12-7-2)29-34-31(35-30-32)25-28-33(8-3,9-4)10-5/h31H,6-30H2,1-5H3/q+1. The quantitative estimate of drug-likeness (QED) is 0.0977. The number of nitrogens with zero attached hydrogens (tertiary/aromatic N) is 1. The van der Waals surface area contributed by atoms with Gasteiger partial charge < -0.3 is 14.0 Å². The topological polar surface area (TPSA) is 18.5 Å². The molecule has 0 amide bonds. The third kappa shape index (κ3) is 14.4. The predicted octanol–water partition coefficient (Wildman–Crippen LogP) is 9.67. The van der Waals surface area contributed by atoms with Crippen LogP contribution in [-0.2, 0) is 9.47 Å². The minimum Gasteiger partial charge on any atom is -0.352 e. The Hall–Kier alpha value is -0.120. The van der Waals surface area contributed by atoms with Gasteiger partial charge in [-0.15, -0.1) is 0 Å². The number of rotatable bonds is 24. The lowest BCUT2D eigenvalue weighted by Gasteiger charge is -2.42. The highest BCUT2D eigenvalue weighted by Gasteiger charge is 2.37. The molecule has 0 radical (unpaired) electrons. The highest BCUT2D eigenvalue weighted by atomic mass is 16.7. The molecule has 0 spiro atoms. The van der Waals surface area contributed by atoms with Gasteiger partial charge in [-0.25, -0.2) is 0 Å². The van der Waals surface area contributed by atoms with Gasteiger partial charge >= 0.3 is 0 Å². The normalized spacial score (nSPS) is 16.7. The molecule has 0 unspecified atom stereocenters. The number of hydrogen-bond acceptors (Lipinski definition) is 2. The Morgan fingerprint density at radius 2 is 0.914 bits per heavy atom. The summed E-state index contributed by atoms with van der Waals surface area (Å²) in [5.41, 5.74) is 0.271. The van der Waals surface area contributed by atoms with Crippen molar-refractivity contribution in [3.63, 3.8) is 0 Å². The molecule has 1 aliphatic rings. The minimum absolute atomic E-state index is 0.0161. The zero-order valence-corrected chi connectivity index (χ0v) is 25.0. The van der Waals surface area contributed by atoms with Crippen molar-refractivity contribution in [1.82, 2.24) is 0 Å². The molecule has 0 atom stereocenters. The molecule has 35 heavy (non-hydrogen) atoms. The first-order valence-corrected chi connectivity index (χ1v) is 16.2. The maximum atomic E-state index is 6.44. The zero-order chi connectivity index (χ0) is 25.7. The summed E-state index contributed by atoms with van der Waals surface area (Å²) in [6.45, 7) is 18.2. The van der Waals surface area contributed by atoms with E-state index in [-0.39, 0.29) is 11.7 Å². The second-order valence-corrected chi connectivity index (χ2v) is 11.8. The van der Waals surface area contributed by atoms with Crippen LogP contribution in [0, 0.1) is 5.41 Å². The van der Waals surface area contributed by atoms with Crippen LogP contribution in [0.4, 0.5) is 0 Å². The van der Waals surface area contributed by atoms with Crippen molar-refractivity contribution >= 4 is 0 Å². The van der Waals surface area contributed by atoms with Gasteiger partial charge in [-0.2, -0.15) is 0 Å². The molecule has 3 heteroatoms. The lowest BCUT2D eigenvalue weighted by molar-refractivity contribution is -0.924. The second-order valence-electron chi connectivity index (χ2n) is 11.8. The van der Waals surface area contributed by atoms with Gasteiger partial charge in [0.1, 0.15) is 0 Å². The molecule has 3 nitrogen and oxygen atoms in total. The van der Waals surface area contributed by atoms with E-state index in [9.17, 15) is 0 Å². The molecular weight excluding hydrogens is 430 g/mol. The first-order valence-electron chi connectivity index (χ1n) is 16.2. The zero-order valence-electron chi connectivity index (χ0n) is 25.0. The number of ether oxygens (including phenoxy) is 2. The Kier molecular flexibility index (Phi) is 19.6. The summed E-state index contributed by atoms with van der Waals surface area (Å²) in [6.07, 6.45) is 26.0. The average Bonchev–Trinajstić information content (AvgIpc) is 2.89. The predicted molar refractivity (Wildman–Crippen MR) is 154 cm³/mol. The van der Waals surface area contributed by atoms with Crippen molar-refractivity contribution < 1.29 is 14.0 Å². The Morgan fingerprint density at radius 3 is 1.29 bits per heavy atom. The molecule has 1 heterocycles. The van der Waals surface area contributed by atoms with Crippen LogP contribution in [0.25, 0.3) is 0 Å². The fourth-order valence-corrected chi connectivity index (χ4v) is 6.00. The molecule has 0 bridgehead atoms. The highest BCUT2D eigenvalue weighted by molar-refractivity contribution is 4.82.